The predicted octanol–water partition coefficient (Wildman–Crippen LogP) is 5.02. The van der Waals surface area contributed by atoms with E-state index >= 15 is 0 Å². The lowest BCUT2D eigenvalue weighted by atomic mass is 10.1. The van der Waals surface area contributed by atoms with Crippen molar-refractivity contribution in [3.05, 3.63) is 53.1 Å². The normalized spacial score (nSPS) is 10.5. The van der Waals surface area contributed by atoms with Crippen LogP contribution in [0.3, 0.4) is 0 Å². The van der Waals surface area contributed by atoms with E-state index in [1.54, 1.807) is 13.0 Å². The van der Waals surface area contributed by atoms with Gasteiger partial charge in [-0.2, -0.15) is 8.78 Å². The van der Waals surface area contributed by atoms with Gasteiger partial charge in [-0.25, -0.2) is 0 Å². The molecule has 0 amide bonds. The van der Waals surface area contributed by atoms with Crippen molar-refractivity contribution in [1.82, 2.24) is 0 Å². The van der Waals surface area contributed by atoms with Gasteiger partial charge >= 0.3 is 6.61 Å². The van der Waals surface area contributed by atoms with Crippen LogP contribution < -0.4 is 15.4 Å². The summed E-state index contributed by atoms with van der Waals surface area (Å²) in [5.74, 6) is 0.122. The van der Waals surface area contributed by atoms with Gasteiger partial charge in [0.05, 0.1) is 0 Å². The average molecular weight is 336 g/mol. The molecule has 0 spiro atoms. The summed E-state index contributed by atoms with van der Waals surface area (Å²) < 4.78 is 28.8. The maximum absolute atomic E-state index is 12.2. The molecule has 2 rings (SSSR count). The van der Waals surface area contributed by atoms with Crippen LogP contribution in [0.2, 0.25) is 0 Å². The highest BCUT2D eigenvalue weighted by molar-refractivity contribution is 7.80. The van der Waals surface area contributed by atoms with Crippen LogP contribution in [0.5, 0.6) is 5.75 Å². The smallest absolute Gasteiger partial charge is 0.387 e. The summed E-state index contributed by atoms with van der Waals surface area (Å²) in [6.45, 7) is 3.01. The molecule has 2 N–H and O–H groups in total. The number of hydrogen-bond acceptors (Lipinski definition) is 2. The van der Waals surface area contributed by atoms with Gasteiger partial charge in [-0.1, -0.05) is 12.1 Å². The van der Waals surface area contributed by atoms with Crippen LogP contribution in [0.4, 0.5) is 20.2 Å². The maximum Gasteiger partial charge on any atom is 0.387 e. The first-order chi connectivity index (χ1) is 10.9. The molecule has 0 aromatic heterocycles. The third-order valence-electron chi connectivity index (χ3n) is 3.52. The summed E-state index contributed by atoms with van der Waals surface area (Å²) >= 11 is 5.31. The third kappa shape index (κ3) is 4.63. The molecular weight excluding hydrogens is 318 g/mol. The van der Waals surface area contributed by atoms with Gasteiger partial charge in [0.1, 0.15) is 5.75 Å². The van der Waals surface area contributed by atoms with Crippen molar-refractivity contribution in [2.24, 2.45) is 0 Å². The molecule has 2 aromatic carbocycles. The Kier molecular flexibility index (Phi) is 5.50. The van der Waals surface area contributed by atoms with Crippen molar-refractivity contribution in [2.45, 2.75) is 27.4 Å². The maximum atomic E-state index is 12.2. The van der Waals surface area contributed by atoms with Gasteiger partial charge in [0.25, 0.3) is 0 Å². The zero-order chi connectivity index (χ0) is 17.0. The van der Waals surface area contributed by atoms with Gasteiger partial charge in [-0.3, -0.25) is 0 Å². The Labute approximate surface area is 139 Å². The Bertz CT molecular complexity index is 720. The zero-order valence-electron chi connectivity index (χ0n) is 13.1. The van der Waals surface area contributed by atoms with E-state index in [1.165, 1.54) is 17.7 Å². The molecule has 0 aliphatic heterocycles. The molecule has 0 heterocycles. The second-order valence-electron chi connectivity index (χ2n) is 5.18. The minimum absolute atomic E-state index is 0.122. The number of alkyl halides is 2. The summed E-state index contributed by atoms with van der Waals surface area (Å²) in [4.78, 5) is 0. The first-order valence-electron chi connectivity index (χ1n) is 7.06. The molecule has 0 atom stereocenters. The van der Waals surface area contributed by atoms with Gasteiger partial charge in [-0.15, -0.1) is 0 Å². The van der Waals surface area contributed by atoms with E-state index in [-0.39, 0.29) is 5.75 Å². The fourth-order valence-electron chi connectivity index (χ4n) is 2.11. The molecule has 0 aliphatic carbocycles. The number of halogens is 2. The summed E-state index contributed by atoms with van der Waals surface area (Å²) in [7, 11) is 0. The van der Waals surface area contributed by atoms with Gasteiger partial charge in [-0.05, 0) is 73.9 Å². The highest BCUT2D eigenvalue weighted by Crippen LogP contribution is 2.23. The third-order valence-corrected chi connectivity index (χ3v) is 3.73. The SMILES string of the molecule is Cc1cc(OC(F)F)ccc1NC(=S)Nc1cccc(C)c1C. The van der Waals surface area contributed by atoms with E-state index < -0.39 is 6.61 Å². The average Bonchev–Trinajstić information content (AvgIpc) is 2.46. The van der Waals surface area contributed by atoms with Gasteiger partial charge in [0.2, 0.25) is 0 Å². The Morgan fingerprint density at radius 1 is 1.00 bits per heavy atom. The van der Waals surface area contributed by atoms with E-state index in [4.69, 9.17) is 12.2 Å². The minimum Gasteiger partial charge on any atom is -0.435 e. The molecule has 3 nitrogen and oxygen atoms in total. The van der Waals surface area contributed by atoms with Crippen molar-refractivity contribution in [3.8, 4) is 5.75 Å². The Morgan fingerprint density at radius 2 is 1.70 bits per heavy atom. The van der Waals surface area contributed by atoms with E-state index in [9.17, 15) is 8.78 Å². The van der Waals surface area contributed by atoms with Crippen LogP contribution in [0, 0.1) is 20.8 Å². The number of ether oxygens (including phenoxy) is 1. The van der Waals surface area contributed by atoms with Crippen molar-refractivity contribution in [3.63, 3.8) is 0 Å². The number of anilines is 2. The number of aryl methyl sites for hydroxylation is 2. The predicted molar refractivity (Wildman–Crippen MR) is 93.6 cm³/mol. The summed E-state index contributed by atoms with van der Waals surface area (Å²) in [6, 6.07) is 10.6. The van der Waals surface area contributed by atoms with Crippen molar-refractivity contribution < 1.29 is 13.5 Å². The lowest BCUT2D eigenvalue weighted by Crippen LogP contribution is -2.20. The van der Waals surface area contributed by atoms with Gasteiger partial charge in [0.15, 0.2) is 5.11 Å². The Morgan fingerprint density at radius 3 is 2.35 bits per heavy atom. The first-order valence-corrected chi connectivity index (χ1v) is 7.47. The van der Waals surface area contributed by atoms with Crippen molar-refractivity contribution in [2.75, 3.05) is 10.6 Å². The standard InChI is InChI=1S/C17H18F2N2OS/c1-10-5-4-6-15(12(10)3)21-17(23)20-14-8-7-13(9-11(14)2)22-16(18)19/h4-9,16H,1-3H3,(H2,20,21,23). The minimum atomic E-state index is -2.83. The Balaban J connectivity index is 2.07. The van der Waals surface area contributed by atoms with Crippen LogP contribution in [0.1, 0.15) is 16.7 Å². The molecule has 0 aliphatic rings. The molecule has 0 bridgehead atoms. The molecule has 0 saturated carbocycles. The van der Waals surface area contributed by atoms with Crippen LogP contribution in [-0.2, 0) is 0 Å². The monoisotopic (exact) mass is 336 g/mol. The van der Waals surface area contributed by atoms with E-state index in [0.29, 0.717) is 5.11 Å². The van der Waals surface area contributed by atoms with Crippen LogP contribution in [0.25, 0.3) is 0 Å². The zero-order valence-corrected chi connectivity index (χ0v) is 13.9. The Hall–Kier alpha value is -2.21. The molecule has 0 fully saturated rings. The van der Waals surface area contributed by atoms with E-state index in [2.05, 4.69) is 15.4 Å². The molecule has 0 saturated heterocycles. The molecule has 2 aromatic rings. The fourth-order valence-corrected chi connectivity index (χ4v) is 2.33. The second kappa shape index (κ2) is 7.37. The lowest BCUT2D eigenvalue weighted by Gasteiger charge is -2.15. The highest BCUT2D eigenvalue weighted by Gasteiger charge is 2.08. The molecule has 0 unspecified atom stereocenters. The van der Waals surface area contributed by atoms with E-state index in [0.717, 1.165) is 22.5 Å². The number of rotatable bonds is 4. The molecule has 6 heteroatoms. The molecule has 0 radical (unpaired) electrons. The van der Waals surface area contributed by atoms with Crippen LogP contribution in [0.15, 0.2) is 36.4 Å². The lowest BCUT2D eigenvalue weighted by molar-refractivity contribution is -0.0498. The second-order valence-corrected chi connectivity index (χ2v) is 5.59. The van der Waals surface area contributed by atoms with Gasteiger partial charge in [0, 0.05) is 11.4 Å². The highest BCUT2D eigenvalue weighted by atomic mass is 32.1. The van der Waals surface area contributed by atoms with Crippen molar-refractivity contribution >= 4 is 28.7 Å². The summed E-state index contributed by atoms with van der Waals surface area (Å²) in [5, 5.41) is 6.64. The van der Waals surface area contributed by atoms with Crippen LogP contribution in [-0.4, -0.2) is 11.7 Å². The molecule has 23 heavy (non-hydrogen) atoms. The topological polar surface area (TPSA) is 33.3 Å². The summed E-state index contributed by atoms with van der Waals surface area (Å²) in [6.07, 6.45) is 0. The molecule has 122 valence electrons. The van der Waals surface area contributed by atoms with Gasteiger partial charge < -0.3 is 15.4 Å². The number of thiocarbonyl (C=S) groups is 1. The quantitative estimate of drug-likeness (QED) is 0.768. The number of benzene rings is 2. The van der Waals surface area contributed by atoms with Crippen molar-refractivity contribution in [1.29, 1.82) is 0 Å². The fraction of sp³-hybridized carbons (Fsp3) is 0.235. The summed E-state index contributed by atoms with van der Waals surface area (Å²) in [5.41, 5.74) is 4.71. The number of hydrogen-bond donors (Lipinski definition) is 2. The molecular formula is C17H18F2N2OS. The first kappa shape index (κ1) is 17.1. The van der Waals surface area contributed by atoms with Crippen LogP contribution >= 0.6 is 12.2 Å². The number of nitrogens with one attached hydrogen (secondary N) is 2. The van der Waals surface area contributed by atoms with E-state index in [1.807, 2.05) is 32.0 Å². The largest absolute Gasteiger partial charge is 0.435 e.